The van der Waals surface area contributed by atoms with Crippen molar-refractivity contribution in [1.82, 2.24) is 20.7 Å². The van der Waals surface area contributed by atoms with Crippen molar-refractivity contribution in [2.24, 2.45) is 5.92 Å². The highest BCUT2D eigenvalue weighted by atomic mass is 32.1. The standard InChI is InChI=1S/C32H36FN5O5S/c1-42-37-30(41)32-18-20(32)10-6-3-2-4-9-13-25(34-22-11-7-5-8-12-22)29(40)38-19-23(17-26(38)28(39)36-32)43-31-35-24-15-14-21(33)16-27(24)44-31/h5-8,10-12,14-16,20,23,25-26,34H,2-4,9,13,17-19H2,1H3,(H,36,39)(H,37,41)/b10-6-/t20-,23-,25+,26+,32-/m1/s1. The highest BCUT2D eigenvalue weighted by Gasteiger charge is 2.61. The van der Waals surface area contributed by atoms with Crippen molar-refractivity contribution in [3.63, 3.8) is 0 Å². The lowest BCUT2D eigenvalue weighted by Gasteiger charge is -2.30. The summed E-state index contributed by atoms with van der Waals surface area (Å²) in [6.07, 6.45) is 8.35. The third kappa shape index (κ3) is 6.41. The van der Waals surface area contributed by atoms with Crippen LogP contribution in [0.4, 0.5) is 10.1 Å². The molecule has 5 atom stereocenters. The van der Waals surface area contributed by atoms with Crippen molar-refractivity contribution >= 4 is 45.0 Å². The van der Waals surface area contributed by atoms with E-state index in [1.807, 2.05) is 36.4 Å². The Morgan fingerprint density at radius 1 is 1.16 bits per heavy atom. The van der Waals surface area contributed by atoms with Crippen LogP contribution in [0.15, 0.2) is 60.7 Å². The van der Waals surface area contributed by atoms with E-state index in [0.29, 0.717) is 28.3 Å². The van der Waals surface area contributed by atoms with Gasteiger partial charge >= 0.3 is 0 Å². The highest BCUT2D eigenvalue weighted by Crippen LogP contribution is 2.45. The first-order valence-corrected chi connectivity index (χ1v) is 15.8. The summed E-state index contributed by atoms with van der Waals surface area (Å²) in [5.74, 6) is -1.60. The minimum absolute atomic E-state index is 0.161. The molecule has 1 aliphatic carbocycles. The minimum Gasteiger partial charge on any atom is -0.465 e. The maximum absolute atomic E-state index is 14.3. The molecule has 1 saturated carbocycles. The number of nitrogens with zero attached hydrogens (tertiary/aromatic N) is 2. The summed E-state index contributed by atoms with van der Waals surface area (Å²) in [4.78, 5) is 52.3. The summed E-state index contributed by atoms with van der Waals surface area (Å²) in [5, 5.41) is 6.72. The van der Waals surface area contributed by atoms with Crippen LogP contribution >= 0.6 is 11.3 Å². The molecule has 10 nitrogen and oxygen atoms in total. The third-order valence-corrected chi connectivity index (χ3v) is 9.46. The maximum Gasteiger partial charge on any atom is 0.274 e. The van der Waals surface area contributed by atoms with E-state index >= 15 is 0 Å². The average Bonchev–Trinajstić information content (AvgIpc) is 3.32. The Morgan fingerprint density at radius 3 is 2.82 bits per heavy atom. The van der Waals surface area contributed by atoms with Gasteiger partial charge in [-0.25, -0.2) is 14.9 Å². The number of thiazole rings is 1. The first-order valence-electron chi connectivity index (χ1n) is 15.0. The summed E-state index contributed by atoms with van der Waals surface area (Å²) < 4.78 is 20.6. The van der Waals surface area contributed by atoms with Crippen LogP contribution in [0.2, 0.25) is 0 Å². The van der Waals surface area contributed by atoms with Gasteiger partial charge in [-0.05, 0) is 56.0 Å². The van der Waals surface area contributed by atoms with E-state index in [4.69, 9.17) is 9.57 Å². The van der Waals surface area contributed by atoms with Crippen LogP contribution < -0.4 is 20.9 Å². The van der Waals surface area contributed by atoms with E-state index in [1.165, 1.54) is 30.6 Å². The van der Waals surface area contributed by atoms with E-state index in [1.54, 1.807) is 11.0 Å². The van der Waals surface area contributed by atoms with Crippen molar-refractivity contribution < 1.29 is 28.3 Å². The Morgan fingerprint density at radius 2 is 2.00 bits per heavy atom. The lowest BCUT2D eigenvalue weighted by atomic mass is 10.0. The molecular formula is C32H36FN5O5S. The molecule has 1 aromatic heterocycles. The molecule has 3 aliphatic rings. The lowest BCUT2D eigenvalue weighted by molar-refractivity contribution is -0.142. The van der Waals surface area contributed by atoms with Crippen molar-refractivity contribution in [3.05, 3.63) is 66.5 Å². The second-order valence-corrected chi connectivity index (χ2v) is 12.6. The molecule has 232 valence electrons. The summed E-state index contributed by atoms with van der Waals surface area (Å²) in [7, 11) is 1.35. The smallest absolute Gasteiger partial charge is 0.274 e. The number of aromatic nitrogens is 1. The molecule has 3 amide bonds. The Balaban J connectivity index is 1.29. The summed E-state index contributed by atoms with van der Waals surface area (Å²) in [5.41, 5.74) is 2.66. The molecule has 0 unspecified atom stereocenters. The van der Waals surface area contributed by atoms with Gasteiger partial charge in [-0.15, -0.1) is 0 Å². The van der Waals surface area contributed by atoms with Crippen LogP contribution in [0.5, 0.6) is 5.19 Å². The molecule has 3 heterocycles. The van der Waals surface area contributed by atoms with Crippen LogP contribution in [-0.2, 0) is 19.2 Å². The quantitative estimate of drug-likeness (QED) is 0.277. The van der Waals surface area contributed by atoms with Gasteiger partial charge < -0.3 is 20.3 Å². The zero-order valence-electron chi connectivity index (χ0n) is 24.5. The number of fused-ring (bicyclic) bond motifs is 3. The van der Waals surface area contributed by atoms with Crippen LogP contribution in [-0.4, -0.2) is 65.0 Å². The molecule has 2 aliphatic heterocycles. The molecule has 0 radical (unpaired) electrons. The molecule has 2 fully saturated rings. The largest absolute Gasteiger partial charge is 0.465 e. The molecule has 2 aromatic carbocycles. The first kappa shape index (κ1) is 30.0. The third-order valence-electron chi connectivity index (χ3n) is 8.55. The van der Waals surface area contributed by atoms with Crippen LogP contribution in [0.25, 0.3) is 10.2 Å². The number of halogens is 1. The first-order chi connectivity index (χ1) is 21.4. The minimum atomic E-state index is -1.16. The number of nitrogens with one attached hydrogen (secondary N) is 3. The fraction of sp³-hybridized carbons (Fsp3) is 0.438. The Bertz CT molecular complexity index is 1550. The molecule has 3 N–H and O–H groups in total. The number of anilines is 1. The second-order valence-electron chi connectivity index (χ2n) is 11.6. The van der Waals surface area contributed by atoms with Gasteiger partial charge in [0, 0.05) is 18.0 Å². The Labute approximate surface area is 258 Å². The van der Waals surface area contributed by atoms with Gasteiger partial charge in [0.25, 0.3) is 11.1 Å². The second kappa shape index (κ2) is 12.9. The molecule has 6 rings (SSSR count). The zero-order valence-corrected chi connectivity index (χ0v) is 25.3. The molecule has 44 heavy (non-hydrogen) atoms. The van der Waals surface area contributed by atoms with Crippen molar-refractivity contribution in [3.8, 4) is 5.19 Å². The number of para-hydroxylation sites is 1. The molecule has 3 aromatic rings. The molecule has 0 bridgehead atoms. The molecule has 12 heteroatoms. The number of amides is 3. The van der Waals surface area contributed by atoms with E-state index in [0.717, 1.165) is 31.4 Å². The normalized spacial score (nSPS) is 28.2. The molecule has 0 spiro atoms. The predicted octanol–water partition coefficient (Wildman–Crippen LogP) is 4.34. The molecular weight excluding hydrogens is 585 g/mol. The van der Waals surface area contributed by atoms with E-state index in [9.17, 15) is 18.8 Å². The zero-order chi connectivity index (χ0) is 30.7. The SMILES string of the molecule is CONC(=O)[C@@]12C[C@H]1/C=C\CCCCC[C@H](Nc1ccccc1)C(=O)N1C[C@H](Oc3nc4ccc(F)cc4s3)C[C@H]1C(=O)N2. The maximum atomic E-state index is 14.3. The van der Waals surface area contributed by atoms with Crippen LogP contribution in [0.3, 0.4) is 0 Å². The fourth-order valence-electron chi connectivity index (χ4n) is 6.16. The van der Waals surface area contributed by atoms with Gasteiger partial charge in [-0.1, -0.05) is 54.5 Å². The van der Waals surface area contributed by atoms with Crippen molar-refractivity contribution in [2.45, 2.75) is 68.7 Å². The number of hydrogen-bond acceptors (Lipinski definition) is 8. The summed E-state index contributed by atoms with van der Waals surface area (Å²) >= 11 is 1.21. The predicted molar refractivity (Wildman–Crippen MR) is 164 cm³/mol. The van der Waals surface area contributed by atoms with E-state index in [2.05, 4.69) is 27.2 Å². The topological polar surface area (TPSA) is 122 Å². The molecule has 1 saturated heterocycles. The van der Waals surface area contributed by atoms with Gasteiger partial charge in [-0.3, -0.25) is 19.2 Å². The number of rotatable bonds is 6. The van der Waals surface area contributed by atoms with Gasteiger partial charge in [0.2, 0.25) is 11.8 Å². The highest BCUT2D eigenvalue weighted by molar-refractivity contribution is 7.20. The summed E-state index contributed by atoms with van der Waals surface area (Å²) in [6.45, 7) is 0.161. The van der Waals surface area contributed by atoms with Gasteiger partial charge in [0.15, 0.2) is 0 Å². The monoisotopic (exact) mass is 621 g/mol. The van der Waals surface area contributed by atoms with E-state index < -0.39 is 35.5 Å². The number of allylic oxidation sites excluding steroid dienone is 1. The number of hydrogen-bond donors (Lipinski definition) is 3. The van der Waals surface area contributed by atoms with Gasteiger partial charge in [-0.2, -0.15) is 0 Å². The van der Waals surface area contributed by atoms with Gasteiger partial charge in [0.05, 0.1) is 23.9 Å². The van der Waals surface area contributed by atoms with Crippen molar-refractivity contribution in [2.75, 3.05) is 19.0 Å². The number of carbonyl (C=O) groups is 3. The lowest BCUT2D eigenvalue weighted by Crippen LogP contribution is -2.56. The number of benzene rings is 2. The number of ether oxygens (including phenoxy) is 1. The number of hydroxylamine groups is 1. The van der Waals surface area contributed by atoms with Crippen LogP contribution in [0.1, 0.15) is 44.9 Å². The average molecular weight is 622 g/mol. The van der Waals surface area contributed by atoms with E-state index in [-0.39, 0.29) is 30.6 Å². The van der Waals surface area contributed by atoms with Crippen molar-refractivity contribution in [1.29, 1.82) is 0 Å². The Kier molecular flexibility index (Phi) is 8.81. The number of carbonyl (C=O) groups excluding carboxylic acids is 3. The van der Waals surface area contributed by atoms with Crippen LogP contribution in [0, 0.1) is 11.7 Å². The fourth-order valence-corrected chi connectivity index (χ4v) is 7.06. The van der Waals surface area contributed by atoms with Gasteiger partial charge in [0.1, 0.15) is 29.5 Å². The summed E-state index contributed by atoms with van der Waals surface area (Å²) in [6, 6.07) is 12.5. The Hall–Kier alpha value is -4.03.